The number of carbonyl (C=O) groups is 1. The van der Waals surface area contributed by atoms with Crippen LogP contribution in [0.25, 0.3) is 5.57 Å². The minimum absolute atomic E-state index is 0.0498. The van der Waals surface area contributed by atoms with Crippen LogP contribution in [-0.2, 0) is 11.4 Å². The Labute approximate surface area is 188 Å². The number of rotatable bonds is 6. The summed E-state index contributed by atoms with van der Waals surface area (Å²) in [5, 5.41) is 40.7. The molecule has 2 unspecified atom stereocenters. The van der Waals surface area contributed by atoms with Crippen LogP contribution >= 0.6 is 11.3 Å². The number of hydrogen-bond donors (Lipinski definition) is 3. The fourth-order valence-corrected chi connectivity index (χ4v) is 4.93. The van der Waals surface area contributed by atoms with Crippen LogP contribution in [0.5, 0.6) is 0 Å². The van der Waals surface area contributed by atoms with Crippen LogP contribution in [-0.4, -0.2) is 45.3 Å². The van der Waals surface area contributed by atoms with Gasteiger partial charge in [-0.3, -0.25) is 4.79 Å². The molecule has 1 aliphatic heterocycles. The summed E-state index contributed by atoms with van der Waals surface area (Å²) in [6.45, 7) is -0.712. The Kier molecular flexibility index (Phi) is 6.35. The summed E-state index contributed by atoms with van der Waals surface area (Å²) in [4.78, 5) is 15.2. The van der Waals surface area contributed by atoms with Crippen molar-refractivity contribution in [3.05, 3.63) is 86.7 Å². The molecule has 6 nitrogen and oxygen atoms in total. The lowest BCUT2D eigenvalue weighted by atomic mass is 9.76. The smallest absolute Gasteiger partial charge is 0.148 e. The van der Waals surface area contributed by atoms with Crippen LogP contribution in [0, 0.1) is 17.1 Å². The molecule has 0 spiro atoms. The van der Waals surface area contributed by atoms with Crippen LogP contribution in [0.15, 0.2) is 64.8 Å². The van der Waals surface area contributed by atoms with E-state index in [0.717, 1.165) is 5.56 Å². The van der Waals surface area contributed by atoms with E-state index in [4.69, 9.17) is 0 Å². The normalized spacial score (nSPS) is 19.3. The average molecular weight is 453 g/mol. The number of thiophene rings is 1. The van der Waals surface area contributed by atoms with Gasteiger partial charge in [0.1, 0.15) is 23.4 Å². The molecule has 8 heteroatoms. The predicted octanol–water partition coefficient (Wildman–Crippen LogP) is 2.85. The summed E-state index contributed by atoms with van der Waals surface area (Å²) in [7, 11) is 0. The minimum atomic E-state index is -1.10. The zero-order chi connectivity index (χ0) is 22.8. The van der Waals surface area contributed by atoms with Gasteiger partial charge < -0.3 is 20.2 Å². The highest BCUT2D eigenvalue weighted by Crippen LogP contribution is 2.44. The van der Waals surface area contributed by atoms with Crippen molar-refractivity contribution in [3.63, 3.8) is 0 Å². The molecule has 2 aliphatic rings. The van der Waals surface area contributed by atoms with E-state index in [2.05, 4.69) is 6.07 Å². The van der Waals surface area contributed by atoms with E-state index in [-0.39, 0.29) is 31.1 Å². The van der Waals surface area contributed by atoms with Crippen LogP contribution in [0.2, 0.25) is 0 Å². The van der Waals surface area contributed by atoms with Gasteiger partial charge in [0, 0.05) is 23.1 Å². The molecule has 0 saturated carbocycles. The molecule has 2 aromatic rings. The van der Waals surface area contributed by atoms with Crippen LogP contribution in [0.4, 0.5) is 4.39 Å². The fourth-order valence-electron chi connectivity index (χ4n) is 4.15. The average Bonchev–Trinajstić information content (AvgIpc) is 3.26. The van der Waals surface area contributed by atoms with Gasteiger partial charge in [-0.15, -0.1) is 11.3 Å². The summed E-state index contributed by atoms with van der Waals surface area (Å²) < 4.78 is 14.1. The van der Waals surface area contributed by atoms with Gasteiger partial charge in [-0.1, -0.05) is 18.2 Å². The quantitative estimate of drug-likeness (QED) is 0.623. The van der Waals surface area contributed by atoms with Gasteiger partial charge in [-0.2, -0.15) is 5.26 Å². The third-order valence-electron chi connectivity index (χ3n) is 5.59. The van der Waals surface area contributed by atoms with Crippen LogP contribution in [0.3, 0.4) is 0 Å². The number of aliphatic hydroxyl groups excluding tert-OH is 3. The first-order valence-electron chi connectivity index (χ1n) is 10.1. The number of β-amino-alcohol motifs (C(OH)–C–C–N with tert-alkyl or cyclic N) is 1. The molecule has 0 bridgehead atoms. The van der Waals surface area contributed by atoms with E-state index in [9.17, 15) is 29.8 Å². The summed E-state index contributed by atoms with van der Waals surface area (Å²) in [5.41, 5.74) is 3.16. The van der Waals surface area contributed by atoms with Gasteiger partial charge in [0.2, 0.25) is 0 Å². The second-order valence-corrected chi connectivity index (χ2v) is 8.65. The first-order valence-corrected chi connectivity index (χ1v) is 10.9. The Bertz CT molecular complexity index is 1190. The molecule has 0 saturated heterocycles. The van der Waals surface area contributed by atoms with Crippen molar-refractivity contribution < 1.29 is 24.5 Å². The number of halogens is 1. The van der Waals surface area contributed by atoms with E-state index < -0.39 is 24.4 Å². The second-order valence-electron chi connectivity index (χ2n) is 7.65. The summed E-state index contributed by atoms with van der Waals surface area (Å²) in [5.74, 6) is -1.11. The first kappa shape index (κ1) is 22.1. The number of hydrogen-bond acceptors (Lipinski definition) is 7. The molecule has 2 atom stereocenters. The highest BCUT2D eigenvalue weighted by Gasteiger charge is 2.35. The monoisotopic (exact) mass is 452 g/mol. The van der Waals surface area contributed by atoms with Crippen molar-refractivity contribution in [2.24, 2.45) is 0 Å². The Balaban J connectivity index is 1.91. The van der Waals surface area contributed by atoms with E-state index in [0.29, 0.717) is 27.2 Å². The minimum Gasteiger partial charge on any atom is -0.394 e. The third-order valence-corrected chi connectivity index (χ3v) is 6.51. The molecule has 1 aromatic heterocycles. The van der Waals surface area contributed by atoms with Crippen molar-refractivity contribution in [2.45, 2.75) is 25.0 Å². The van der Waals surface area contributed by atoms with Crippen molar-refractivity contribution in [1.29, 1.82) is 5.26 Å². The van der Waals surface area contributed by atoms with Gasteiger partial charge in [-0.25, -0.2) is 4.39 Å². The lowest BCUT2D eigenvalue weighted by molar-refractivity contribution is -0.119. The molecule has 164 valence electrons. The Morgan fingerprint density at radius 3 is 2.81 bits per heavy atom. The number of aliphatic hydroxyl groups is 3. The number of nitrogens with zero attached hydrogens (tertiary/aromatic N) is 2. The molecule has 3 N–H and O–H groups in total. The molecule has 0 amide bonds. The summed E-state index contributed by atoms with van der Waals surface area (Å²) in [6, 6.07) is 9.84. The van der Waals surface area contributed by atoms with Crippen LogP contribution < -0.4 is 0 Å². The molecule has 0 fully saturated rings. The second kappa shape index (κ2) is 9.18. The maximum absolute atomic E-state index is 14.1. The predicted molar refractivity (Wildman–Crippen MR) is 118 cm³/mol. The number of Topliss-reactive ketones (excluding diaryl/α,β-unsaturated/α-hetero) is 1. The molecule has 1 aliphatic carbocycles. The SMILES string of the molecule is N#CC1=C(c2cccc(F)c2)C2=CC(c3ccsc3CO)C(=O)CC2=CN1CC(O)CO. The lowest BCUT2D eigenvalue weighted by Crippen LogP contribution is -2.34. The maximum Gasteiger partial charge on any atom is 0.148 e. The van der Waals surface area contributed by atoms with Crippen molar-refractivity contribution in [3.8, 4) is 6.07 Å². The number of benzene rings is 1. The van der Waals surface area contributed by atoms with Gasteiger partial charge in [-0.05, 0) is 45.9 Å². The standard InChI is InChI=1S/C24H21FN2O4S/c25-16-3-1-2-14(6-16)24-19-8-20(18-4-5-32-23(18)13-29)22(31)7-15(19)10-27(21(24)9-26)11-17(30)12-28/h1-6,8,10,17,20,28-30H,7,11-13H2. The fraction of sp³-hybridized carbons (Fsp3) is 0.250. The number of ketones is 1. The molecule has 2 heterocycles. The molecule has 4 rings (SSSR count). The number of allylic oxidation sites excluding steroid dienone is 5. The van der Waals surface area contributed by atoms with Gasteiger partial charge in [0.05, 0.1) is 31.8 Å². The number of carbonyl (C=O) groups excluding carboxylic acids is 1. The van der Waals surface area contributed by atoms with Gasteiger partial charge in [0.15, 0.2) is 0 Å². The van der Waals surface area contributed by atoms with Crippen molar-refractivity contribution >= 4 is 22.7 Å². The Morgan fingerprint density at radius 2 is 2.12 bits per heavy atom. The van der Waals surface area contributed by atoms with Crippen molar-refractivity contribution in [2.75, 3.05) is 13.2 Å². The number of nitriles is 1. The molecule has 0 radical (unpaired) electrons. The molecule has 1 aromatic carbocycles. The molecule has 32 heavy (non-hydrogen) atoms. The maximum atomic E-state index is 14.1. The highest BCUT2D eigenvalue weighted by atomic mass is 32.1. The molecular formula is C24H21FN2O4S. The third kappa shape index (κ3) is 4.04. The van der Waals surface area contributed by atoms with E-state index >= 15 is 0 Å². The Hall–Kier alpha value is -3.09. The van der Waals surface area contributed by atoms with Gasteiger partial charge >= 0.3 is 0 Å². The highest BCUT2D eigenvalue weighted by molar-refractivity contribution is 7.10. The first-order chi connectivity index (χ1) is 15.5. The topological polar surface area (TPSA) is 105 Å². The van der Waals surface area contributed by atoms with E-state index in [1.54, 1.807) is 24.4 Å². The van der Waals surface area contributed by atoms with Crippen LogP contribution in [0.1, 0.15) is 28.3 Å². The summed E-state index contributed by atoms with van der Waals surface area (Å²) >= 11 is 1.37. The van der Waals surface area contributed by atoms with E-state index in [1.807, 2.05) is 11.4 Å². The Morgan fingerprint density at radius 1 is 1.31 bits per heavy atom. The lowest BCUT2D eigenvalue weighted by Gasteiger charge is -2.34. The largest absolute Gasteiger partial charge is 0.394 e. The molecular weight excluding hydrogens is 431 g/mol. The zero-order valence-electron chi connectivity index (χ0n) is 17.0. The van der Waals surface area contributed by atoms with Crippen molar-refractivity contribution in [1.82, 2.24) is 4.90 Å². The number of fused-ring (bicyclic) bond motifs is 1. The zero-order valence-corrected chi connectivity index (χ0v) is 17.8. The van der Waals surface area contributed by atoms with E-state index in [1.165, 1.54) is 28.4 Å². The van der Waals surface area contributed by atoms with Gasteiger partial charge in [0.25, 0.3) is 0 Å². The summed E-state index contributed by atoms with van der Waals surface area (Å²) in [6.07, 6.45) is 2.40.